The quantitative estimate of drug-likeness (QED) is 0.611. The van der Waals surface area contributed by atoms with Crippen LogP contribution in [0.1, 0.15) is 16.1 Å². The van der Waals surface area contributed by atoms with Gasteiger partial charge >= 0.3 is 0 Å². The maximum Gasteiger partial charge on any atom is 0.270 e. The van der Waals surface area contributed by atoms with Gasteiger partial charge in [-0.15, -0.1) is 23.7 Å². The van der Waals surface area contributed by atoms with Crippen molar-refractivity contribution < 1.29 is 9.18 Å². The first kappa shape index (κ1) is 19.8. The molecule has 25 heavy (non-hydrogen) atoms. The Hall–Kier alpha value is -1.54. The van der Waals surface area contributed by atoms with Gasteiger partial charge in [0.1, 0.15) is 11.3 Å². The number of aromatic nitrogens is 1. The second-order valence-electron chi connectivity index (χ2n) is 5.67. The van der Waals surface area contributed by atoms with E-state index in [1.165, 1.54) is 28.7 Å². The lowest BCUT2D eigenvalue weighted by atomic mass is 10.3. The van der Waals surface area contributed by atoms with Crippen molar-refractivity contribution in [2.75, 3.05) is 32.1 Å². The van der Waals surface area contributed by atoms with Gasteiger partial charge < -0.3 is 4.90 Å². The third kappa shape index (κ3) is 4.55. The number of thiophene rings is 1. The van der Waals surface area contributed by atoms with Gasteiger partial charge in [0, 0.05) is 6.54 Å². The average Bonchev–Trinajstić information content (AvgIpc) is 3.20. The molecule has 0 aliphatic rings. The minimum absolute atomic E-state index is 0. The monoisotopic (exact) mass is 399 g/mol. The van der Waals surface area contributed by atoms with Crippen LogP contribution in [0.5, 0.6) is 0 Å². The number of rotatable bonds is 6. The second kappa shape index (κ2) is 8.71. The summed E-state index contributed by atoms with van der Waals surface area (Å²) < 4.78 is 14.7. The summed E-state index contributed by atoms with van der Waals surface area (Å²) in [5, 5.41) is 2.43. The van der Waals surface area contributed by atoms with Gasteiger partial charge in [-0.25, -0.2) is 9.37 Å². The number of amides is 1. The summed E-state index contributed by atoms with van der Waals surface area (Å²) in [6, 6.07) is 8.54. The fourth-order valence-electron chi connectivity index (χ4n) is 2.38. The zero-order valence-electron chi connectivity index (χ0n) is 13.9. The molecule has 0 fully saturated rings. The third-order valence-electron chi connectivity index (χ3n) is 3.55. The fourth-order valence-corrected chi connectivity index (χ4v) is 4.06. The first-order chi connectivity index (χ1) is 11.6. The molecule has 2 aromatic heterocycles. The zero-order valence-corrected chi connectivity index (χ0v) is 16.4. The standard InChI is InChI=1S/C17H18FN3OS2.ClH/c1-20(2)9-5-10-21(16(22)14-8-4-11-23-14)17-19-15-12(18)6-3-7-13(15)24-17;/h3-4,6-8,11H,5,9-10H2,1-2H3;1H. The van der Waals surface area contributed by atoms with Crippen molar-refractivity contribution in [2.45, 2.75) is 6.42 Å². The second-order valence-corrected chi connectivity index (χ2v) is 7.63. The van der Waals surface area contributed by atoms with Gasteiger partial charge in [0.05, 0.1) is 9.58 Å². The SMILES string of the molecule is CN(C)CCCN(C(=O)c1cccs1)c1nc2c(F)cccc2s1.Cl. The van der Waals surface area contributed by atoms with E-state index in [0.717, 1.165) is 17.7 Å². The Kier molecular flexibility index (Phi) is 6.89. The molecule has 3 aromatic rings. The van der Waals surface area contributed by atoms with Gasteiger partial charge in [-0.3, -0.25) is 9.69 Å². The van der Waals surface area contributed by atoms with Crippen molar-refractivity contribution in [3.05, 3.63) is 46.4 Å². The van der Waals surface area contributed by atoms with Crippen LogP contribution in [0.2, 0.25) is 0 Å². The largest absolute Gasteiger partial charge is 0.309 e. The molecule has 0 aliphatic heterocycles. The summed E-state index contributed by atoms with van der Waals surface area (Å²) in [6.07, 6.45) is 0.822. The molecule has 0 unspecified atom stereocenters. The number of nitrogens with zero attached hydrogens (tertiary/aromatic N) is 3. The lowest BCUT2D eigenvalue weighted by molar-refractivity contribution is 0.0990. The molecule has 8 heteroatoms. The molecule has 0 N–H and O–H groups in total. The smallest absolute Gasteiger partial charge is 0.270 e. The van der Waals surface area contributed by atoms with Crippen molar-refractivity contribution in [3.8, 4) is 0 Å². The Balaban J connectivity index is 0.00000225. The van der Waals surface area contributed by atoms with Gasteiger partial charge in [0.15, 0.2) is 5.13 Å². The van der Waals surface area contributed by atoms with Crippen LogP contribution in [-0.4, -0.2) is 43.0 Å². The van der Waals surface area contributed by atoms with Crippen LogP contribution in [0.4, 0.5) is 9.52 Å². The number of fused-ring (bicyclic) bond motifs is 1. The Bertz CT molecular complexity index is 836. The predicted octanol–water partition coefficient (Wildman–Crippen LogP) is 4.52. The van der Waals surface area contributed by atoms with E-state index in [4.69, 9.17) is 0 Å². The first-order valence-corrected chi connectivity index (χ1v) is 9.31. The van der Waals surface area contributed by atoms with E-state index in [2.05, 4.69) is 9.88 Å². The maximum absolute atomic E-state index is 13.9. The average molecular weight is 400 g/mol. The van der Waals surface area contributed by atoms with Gasteiger partial charge in [-0.05, 0) is 50.6 Å². The highest BCUT2D eigenvalue weighted by Gasteiger charge is 2.22. The molecular formula is C17H19ClFN3OS2. The van der Waals surface area contributed by atoms with E-state index in [9.17, 15) is 9.18 Å². The number of hydrogen-bond acceptors (Lipinski definition) is 5. The van der Waals surface area contributed by atoms with Crippen molar-refractivity contribution in [1.82, 2.24) is 9.88 Å². The van der Waals surface area contributed by atoms with E-state index in [0.29, 0.717) is 22.1 Å². The van der Waals surface area contributed by atoms with Crippen LogP contribution in [0.15, 0.2) is 35.7 Å². The minimum atomic E-state index is -0.355. The molecule has 0 spiro atoms. The van der Waals surface area contributed by atoms with Crippen LogP contribution in [-0.2, 0) is 0 Å². The highest BCUT2D eigenvalue weighted by atomic mass is 35.5. The molecular weight excluding hydrogens is 381 g/mol. The molecule has 0 aliphatic carbocycles. The maximum atomic E-state index is 13.9. The van der Waals surface area contributed by atoms with Crippen LogP contribution in [0, 0.1) is 5.82 Å². The van der Waals surface area contributed by atoms with Crippen molar-refractivity contribution in [3.63, 3.8) is 0 Å². The summed E-state index contributed by atoms with van der Waals surface area (Å²) in [5.41, 5.74) is 0.328. The Morgan fingerprint density at radius 2 is 2.00 bits per heavy atom. The van der Waals surface area contributed by atoms with Crippen molar-refractivity contribution in [1.29, 1.82) is 0 Å². The van der Waals surface area contributed by atoms with Gasteiger partial charge in [-0.1, -0.05) is 23.5 Å². The summed E-state index contributed by atoms with van der Waals surface area (Å²) in [4.78, 5) is 21.6. The number of thiazole rings is 1. The van der Waals surface area contributed by atoms with Crippen LogP contribution in [0.25, 0.3) is 10.2 Å². The van der Waals surface area contributed by atoms with E-state index in [1.54, 1.807) is 17.0 Å². The number of carbonyl (C=O) groups is 1. The first-order valence-electron chi connectivity index (χ1n) is 7.61. The summed E-state index contributed by atoms with van der Waals surface area (Å²) in [7, 11) is 4.00. The van der Waals surface area contributed by atoms with Gasteiger partial charge in [0.25, 0.3) is 5.91 Å². The number of anilines is 1. The predicted molar refractivity (Wildman–Crippen MR) is 106 cm³/mol. The molecule has 134 valence electrons. The van der Waals surface area contributed by atoms with Crippen LogP contribution in [0.3, 0.4) is 0 Å². The third-order valence-corrected chi connectivity index (χ3v) is 5.45. The van der Waals surface area contributed by atoms with E-state index < -0.39 is 0 Å². The molecule has 0 atom stereocenters. The molecule has 0 saturated heterocycles. The minimum Gasteiger partial charge on any atom is -0.309 e. The van der Waals surface area contributed by atoms with E-state index in [1.807, 2.05) is 31.6 Å². The van der Waals surface area contributed by atoms with Crippen LogP contribution >= 0.6 is 35.1 Å². The molecule has 1 amide bonds. The number of carbonyl (C=O) groups excluding carboxylic acids is 1. The normalized spacial score (nSPS) is 10.9. The highest BCUT2D eigenvalue weighted by molar-refractivity contribution is 7.22. The fraction of sp³-hybridized carbons (Fsp3) is 0.294. The Labute approximate surface area is 160 Å². The number of hydrogen-bond donors (Lipinski definition) is 0. The topological polar surface area (TPSA) is 36.4 Å². The van der Waals surface area contributed by atoms with Crippen molar-refractivity contribution >= 4 is 56.3 Å². The summed E-state index contributed by atoms with van der Waals surface area (Å²) in [6.45, 7) is 1.42. The van der Waals surface area contributed by atoms with Crippen molar-refractivity contribution in [2.24, 2.45) is 0 Å². The van der Waals surface area contributed by atoms with E-state index in [-0.39, 0.29) is 24.1 Å². The van der Waals surface area contributed by atoms with Gasteiger partial charge in [-0.2, -0.15) is 0 Å². The molecule has 0 saturated carbocycles. The summed E-state index contributed by atoms with van der Waals surface area (Å²) in [5.74, 6) is -0.435. The zero-order chi connectivity index (χ0) is 17.1. The molecule has 2 heterocycles. The molecule has 4 nitrogen and oxygen atoms in total. The molecule has 3 rings (SSSR count). The summed E-state index contributed by atoms with van der Waals surface area (Å²) >= 11 is 2.75. The lowest BCUT2D eigenvalue weighted by Gasteiger charge is -2.20. The van der Waals surface area contributed by atoms with Gasteiger partial charge in [0.2, 0.25) is 0 Å². The lowest BCUT2D eigenvalue weighted by Crippen LogP contribution is -2.32. The Morgan fingerprint density at radius 3 is 2.64 bits per heavy atom. The van der Waals surface area contributed by atoms with E-state index >= 15 is 0 Å². The molecule has 1 aromatic carbocycles. The number of benzene rings is 1. The molecule has 0 radical (unpaired) electrons. The molecule has 0 bridgehead atoms. The number of para-hydroxylation sites is 1. The van der Waals surface area contributed by atoms with Crippen LogP contribution < -0.4 is 4.90 Å². The highest BCUT2D eigenvalue weighted by Crippen LogP contribution is 2.31. The number of halogens is 2. The Morgan fingerprint density at radius 1 is 1.20 bits per heavy atom.